The summed E-state index contributed by atoms with van der Waals surface area (Å²) in [5.41, 5.74) is 1.28. The third-order valence-electron chi connectivity index (χ3n) is 3.93. The molecule has 1 aromatic heterocycles. The van der Waals surface area contributed by atoms with E-state index in [0.717, 1.165) is 25.0 Å². The van der Waals surface area contributed by atoms with Gasteiger partial charge in [0.05, 0.1) is 17.4 Å². The molecule has 0 amide bonds. The number of hydrogen-bond acceptors (Lipinski definition) is 4. The van der Waals surface area contributed by atoms with Crippen LogP contribution in [-0.4, -0.2) is 30.8 Å². The average molecular weight is 325 g/mol. The van der Waals surface area contributed by atoms with Gasteiger partial charge in [0.15, 0.2) is 9.84 Å². The Morgan fingerprint density at radius 1 is 1.41 bits per heavy atom. The van der Waals surface area contributed by atoms with E-state index < -0.39 is 21.1 Å². The van der Waals surface area contributed by atoms with Crippen LogP contribution >= 0.6 is 0 Å². The second-order valence-electron chi connectivity index (χ2n) is 5.41. The predicted molar refractivity (Wildman–Crippen MR) is 85.1 cm³/mol. The first-order valence-corrected chi connectivity index (χ1v) is 9.44. The highest BCUT2D eigenvalue weighted by Gasteiger charge is 2.35. The molecule has 5 nitrogen and oxygen atoms in total. The topological polar surface area (TPSA) is 65.4 Å². The monoisotopic (exact) mass is 325 g/mol. The van der Waals surface area contributed by atoms with E-state index in [-0.39, 0.29) is 12.5 Å². The molecule has 0 N–H and O–H groups in total. The molecule has 6 heteroatoms. The molecule has 0 saturated carbocycles. The standard InChI is InChI=1S/C16H23NO4S/c1-3-13-8-7-11-17(13)12-22(19,20)15-10-6-5-9-14(15)16(18)21-4-2/h7-9,11,15H,3-6,10,12H2,1-2H3. The van der Waals surface area contributed by atoms with Crippen LogP contribution in [0.4, 0.5) is 0 Å². The Morgan fingerprint density at radius 3 is 2.86 bits per heavy atom. The quantitative estimate of drug-likeness (QED) is 0.754. The normalized spacial score (nSPS) is 18.8. The highest BCUT2D eigenvalue weighted by atomic mass is 32.2. The molecular formula is C16H23NO4S. The highest BCUT2D eigenvalue weighted by molar-refractivity contribution is 7.91. The summed E-state index contributed by atoms with van der Waals surface area (Å²) in [5.74, 6) is -0.594. The van der Waals surface area contributed by atoms with Crippen LogP contribution in [0, 0.1) is 0 Å². The summed E-state index contributed by atoms with van der Waals surface area (Å²) < 4.78 is 32.3. The Hall–Kier alpha value is -1.56. The van der Waals surface area contributed by atoms with Crippen molar-refractivity contribution in [1.82, 2.24) is 4.57 Å². The van der Waals surface area contributed by atoms with Crippen LogP contribution in [0.15, 0.2) is 30.0 Å². The van der Waals surface area contributed by atoms with E-state index in [1.54, 1.807) is 23.8 Å². The molecule has 1 aliphatic rings. The van der Waals surface area contributed by atoms with Crippen LogP contribution in [0.1, 0.15) is 38.8 Å². The van der Waals surface area contributed by atoms with Gasteiger partial charge in [0, 0.05) is 11.9 Å². The number of rotatable bonds is 6. The number of ether oxygens (including phenoxy) is 1. The molecule has 1 aliphatic carbocycles. The third kappa shape index (κ3) is 3.61. The van der Waals surface area contributed by atoms with Crippen molar-refractivity contribution in [2.75, 3.05) is 6.61 Å². The highest BCUT2D eigenvalue weighted by Crippen LogP contribution is 2.27. The third-order valence-corrected chi connectivity index (χ3v) is 5.93. The first kappa shape index (κ1) is 16.8. The van der Waals surface area contributed by atoms with Gasteiger partial charge in [-0.1, -0.05) is 13.0 Å². The molecule has 1 atom stereocenters. The molecule has 1 unspecified atom stereocenters. The number of carbonyl (C=O) groups is 1. The van der Waals surface area contributed by atoms with E-state index in [4.69, 9.17) is 4.74 Å². The molecule has 1 aromatic rings. The first-order valence-electron chi connectivity index (χ1n) is 7.72. The minimum Gasteiger partial charge on any atom is -0.463 e. The van der Waals surface area contributed by atoms with Crippen LogP contribution in [0.5, 0.6) is 0 Å². The van der Waals surface area contributed by atoms with E-state index in [1.165, 1.54) is 0 Å². The molecule has 0 fully saturated rings. The Kier molecular flexibility index (Phi) is 5.45. The second kappa shape index (κ2) is 7.13. The maximum absolute atomic E-state index is 12.8. The Balaban J connectivity index is 2.25. The van der Waals surface area contributed by atoms with E-state index in [2.05, 4.69) is 0 Å². The molecule has 122 valence electrons. The summed E-state index contributed by atoms with van der Waals surface area (Å²) in [6.07, 6.45) is 6.25. The zero-order valence-electron chi connectivity index (χ0n) is 13.1. The Labute approximate surface area is 131 Å². The Morgan fingerprint density at radius 2 is 2.18 bits per heavy atom. The van der Waals surface area contributed by atoms with Crippen molar-refractivity contribution in [3.05, 3.63) is 35.7 Å². The minimum atomic E-state index is -3.46. The summed E-state index contributed by atoms with van der Waals surface area (Å²) in [5, 5.41) is -0.757. The fourth-order valence-electron chi connectivity index (χ4n) is 2.83. The van der Waals surface area contributed by atoms with Gasteiger partial charge in [0.2, 0.25) is 0 Å². The lowest BCUT2D eigenvalue weighted by Gasteiger charge is -2.23. The molecule has 0 saturated heterocycles. The molecule has 0 aliphatic heterocycles. The SMILES string of the molecule is CCOC(=O)C1=CCCCC1S(=O)(=O)Cn1cccc1CC. The summed E-state index contributed by atoms with van der Waals surface area (Å²) in [4.78, 5) is 12.0. The smallest absolute Gasteiger partial charge is 0.335 e. The molecule has 1 heterocycles. The van der Waals surface area contributed by atoms with Gasteiger partial charge in [-0.15, -0.1) is 0 Å². The number of aromatic nitrogens is 1. The van der Waals surface area contributed by atoms with Gasteiger partial charge in [0.25, 0.3) is 0 Å². The van der Waals surface area contributed by atoms with Crippen molar-refractivity contribution in [3.8, 4) is 0 Å². The van der Waals surface area contributed by atoms with Crippen molar-refractivity contribution in [1.29, 1.82) is 0 Å². The van der Waals surface area contributed by atoms with Crippen LogP contribution < -0.4 is 0 Å². The van der Waals surface area contributed by atoms with Gasteiger partial charge in [-0.2, -0.15) is 0 Å². The van der Waals surface area contributed by atoms with Crippen molar-refractivity contribution in [3.63, 3.8) is 0 Å². The van der Waals surface area contributed by atoms with Crippen LogP contribution in [0.2, 0.25) is 0 Å². The number of sulfone groups is 1. The molecular weight excluding hydrogens is 302 g/mol. The van der Waals surface area contributed by atoms with Gasteiger partial charge in [-0.25, -0.2) is 13.2 Å². The van der Waals surface area contributed by atoms with Gasteiger partial charge in [-0.05, 0) is 44.7 Å². The van der Waals surface area contributed by atoms with E-state index in [9.17, 15) is 13.2 Å². The van der Waals surface area contributed by atoms with Crippen molar-refractivity contribution < 1.29 is 17.9 Å². The van der Waals surface area contributed by atoms with E-state index in [1.807, 2.05) is 19.1 Å². The van der Waals surface area contributed by atoms with Gasteiger partial charge in [-0.3, -0.25) is 0 Å². The lowest BCUT2D eigenvalue weighted by atomic mass is 9.99. The zero-order chi connectivity index (χ0) is 16.2. The van der Waals surface area contributed by atoms with Crippen molar-refractivity contribution >= 4 is 15.8 Å². The largest absolute Gasteiger partial charge is 0.463 e. The zero-order valence-corrected chi connectivity index (χ0v) is 13.9. The summed E-state index contributed by atoms with van der Waals surface area (Å²) in [6, 6.07) is 3.76. The lowest BCUT2D eigenvalue weighted by Crippen LogP contribution is -2.33. The number of esters is 1. The van der Waals surface area contributed by atoms with Crippen LogP contribution in [0.25, 0.3) is 0 Å². The van der Waals surface area contributed by atoms with Gasteiger partial charge in [0.1, 0.15) is 5.88 Å². The van der Waals surface area contributed by atoms with Crippen molar-refractivity contribution in [2.24, 2.45) is 0 Å². The Bertz CT molecular complexity index is 657. The second-order valence-corrected chi connectivity index (χ2v) is 7.57. The molecule has 22 heavy (non-hydrogen) atoms. The van der Waals surface area contributed by atoms with Gasteiger partial charge >= 0.3 is 5.97 Å². The van der Waals surface area contributed by atoms with E-state index >= 15 is 0 Å². The van der Waals surface area contributed by atoms with Crippen LogP contribution in [-0.2, 0) is 31.7 Å². The fourth-order valence-corrected chi connectivity index (χ4v) is 4.75. The summed E-state index contributed by atoms with van der Waals surface area (Å²) >= 11 is 0. The number of aryl methyl sites for hydroxylation is 1. The number of nitrogens with zero attached hydrogens (tertiary/aromatic N) is 1. The number of carbonyl (C=O) groups excluding carboxylic acids is 1. The number of allylic oxidation sites excluding steroid dienone is 1. The maximum Gasteiger partial charge on any atom is 0.335 e. The molecule has 0 bridgehead atoms. The first-order chi connectivity index (χ1) is 10.5. The fraction of sp³-hybridized carbons (Fsp3) is 0.562. The van der Waals surface area contributed by atoms with Gasteiger partial charge < -0.3 is 9.30 Å². The lowest BCUT2D eigenvalue weighted by molar-refractivity contribution is -0.138. The molecule has 0 radical (unpaired) electrons. The van der Waals surface area contributed by atoms with Crippen molar-refractivity contribution in [2.45, 2.75) is 50.7 Å². The minimum absolute atomic E-state index is 0.0927. The molecule has 0 spiro atoms. The molecule has 0 aromatic carbocycles. The van der Waals surface area contributed by atoms with E-state index in [0.29, 0.717) is 12.0 Å². The summed E-state index contributed by atoms with van der Waals surface area (Å²) in [7, 11) is -3.46. The average Bonchev–Trinajstić information content (AvgIpc) is 2.94. The predicted octanol–water partition coefficient (Wildman–Crippen LogP) is 2.46. The van der Waals surface area contributed by atoms with Crippen LogP contribution in [0.3, 0.4) is 0 Å². The number of hydrogen-bond donors (Lipinski definition) is 0. The maximum atomic E-state index is 12.8. The molecule has 2 rings (SSSR count). The summed E-state index contributed by atoms with van der Waals surface area (Å²) in [6.45, 7) is 3.96.